The Morgan fingerprint density at radius 2 is 2.06 bits per heavy atom. The number of carboxylic acid groups (broad SMARTS) is 1. The fourth-order valence-corrected chi connectivity index (χ4v) is 1.22. The Bertz CT molecular complexity index is 498. The van der Waals surface area contributed by atoms with Gasteiger partial charge in [-0.1, -0.05) is 11.8 Å². The van der Waals surface area contributed by atoms with Crippen LogP contribution in [0.25, 0.3) is 0 Å². The van der Waals surface area contributed by atoms with Gasteiger partial charge in [0.15, 0.2) is 0 Å². The zero-order valence-corrected chi connectivity index (χ0v) is 9.27. The summed E-state index contributed by atoms with van der Waals surface area (Å²) in [5, 5.41) is 8.80. The van der Waals surface area contributed by atoms with Crippen molar-refractivity contribution >= 4 is 18.6 Å². The van der Waals surface area contributed by atoms with Crippen LogP contribution in [0.2, 0.25) is 0 Å². The van der Waals surface area contributed by atoms with Gasteiger partial charge in [-0.25, -0.2) is 4.79 Å². The predicted octanol–water partition coefficient (Wildman–Crippen LogP) is 2.68. The van der Waals surface area contributed by atoms with Crippen molar-refractivity contribution < 1.29 is 23.1 Å². The van der Waals surface area contributed by atoms with Crippen LogP contribution >= 0.6 is 12.6 Å². The highest BCUT2D eigenvalue weighted by molar-refractivity contribution is 7.80. The summed E-state index contributed by atoms with van der Waals surface area (Å²) in [4.78, 5) is 10.8. The third kappa shape index (κ3) is 3.43. The molecular formula is C11H7F3O2S. The third-order valence-corrected chi connectivity index (χ3v) is 2.04. The molecule has 0 aliphatic rings. The van der Waals surface area contributed by atoms with Gasteiger partial charge < -0.3 is 5.11 Å². The minimum Gasteiger partial charge on any atom is -0.478 e. The summed E-state index contributed by atoms with van der Waals surface area (Å²) in [6, 6.07) is 2.42. The van der Waals surface area contributed by atoms with Gasteiger partial charge in [0, 0.05) is 5.56 Å². The number of carboxylic acids is 1. The summed E-state index contributed by atoms with van der Waals surface area (Å²) in [5.74, 6) is 3.69. The van der Waals surface area contributed by atoms with Crippen molar-refractivity contribution in [3.05, 3.63) is 34.9 Å². The highest BCUT2D eigenvalue weighted by Gasteiger charge is 2.31. The number of aromatic carboxylic acids is 1. The summed E-state index contributed by atoms with van der Waals surface area (Å²) in [7, 11) is 0. The number of hydrogen-bond donors (Lipinski definition) is 2. The predicted molar refractivity (Wildman–Crippen MR) is 59.1 cm³/mol. The first-order chi connectivity index (χ1) is 7.86. The average molecular weight is 260 g/mol. The Morgan fingerprint density at radius 3 is 2.53 bits per heavy atom. The van der Waals surface area contributed by atoms with E-state index in [9.17, 15) is 18.0 Å². The van der Waals surface area contributed by atoms with Crippen molar-refractivity contribution in [3.63, 3.8) is 0 Å². The minimum absolute atomic E-state index is 0.0413. The fourth-order valence-electron chi connectivity index (χ4n) is 1.14. The van der Waals surface area contributed by atoms with Gasteiger partial charge in [-0.2, -0.15) is 25.8 Å². The van der Waals surface area contributed by atoms with E-state index in [4.69, 9.17) is 5.11 Å². The molecule has 0 saturated carbocycles. The largest absolute Gasteiger partial charge is 0.478 e. The molecule has 17 heavy (non-hydrogen) atoms. The summed E-state index contributed by atoms with van der Waals surface area (Å²) in [5.41, 5.74) is -1.43. The lowest BCUT2D eigenvalue weighted by Crippen LogP contribution is -2.08. The van der Waals surface area contributed by atoms with Crippen LogP contribution in [0.15, 0.2) is 18.2 Å². The molecule has 1 aromatic rings. The van der Waals surface area contributed by atoms with E-state index in [0.717, 1.165) is 12.1 Å². The molecule has 0 aromatic heterocycles. The molecule has 0 aliphatic heterocycles. The van der Waals surface area contributed by atoms with Crippen LogP contribution in [0, 0.1) is 11.8 Å². The second-order valence-corrected chi connectivity index (χ2v) is 3.34. The Kier molecular flexibility index (Phi) is 4.07. The molecule has 0 amide bonds. The minimum atomic E-state index is -4.57. The zero-order chi connectivity index (χ0) is 13.1. The molecule has 0 saturated heterocycles. The highest BCUT2D eigenvalue weighted by Crippen LogP contribution is 2.30. The second-order valence-electron chi connectivity index (χ2n) is 3.02. The Morgan fingerprint density at radius 1 is 1.41 bits per heavy atom. The molecular weight excluding hydrogens is 253 g/mol. The number of rotatable bonds is 1. The van der Waals surface area contributed by atoms with Gasteiger partial charge in [0.25, 0.3) is 0 Å². The van der Waals surface area contributed by atoms with E-state index in [2.05, 4.69) is 24.5 Å². The van der Waals surface area contributed by atoms with Crippen molar-refractivity contribution in [1.29, 1.82) is 0 Å². The van der Waals surface area contributed by atoms with Crippen LogP contribution < -0.4 is 0 Å². The number of benzene rings is 1. The molecule has 0 radical (unpaired) electrons. The maximum absolute atomic E-state index is 12.4. The number of thiol groups is 1. The van der Waals surface area contributed by atoms with Crippen LogP contribution in [0.1, 0.15) is 21.5 Å². The number of hydrogen-bond acceptors (Lipinski definition) is 2. The maximum atomic E-state index is 12.4. The Hall–Kier alpha value is -1.61. The first-order valence-corrected chi connectivity index (χ1v) is 5.03. The molecule has 0 unspecified atom stereocenters. The van der Waals surface area contributed by atoms with Gasteiger partial charge in [-0.15, -0.1) is 0 Å². The maximum Gasteiger partial charge on any atom is 0.416 e. The van der Waals surface area contributed by atoms with Gasteiger partial charge in [0.1, 0.15) is 0 Å². The number of carbonyl (C=O) groups is 1. The molecule has 0 aliphatic carbocycles. The fraction of sp³-hybridized carbons (Fsp3) is 0.182. The molecule has 0 atom stereocenters. The lowest BCUT2D eigenvalue weighted by atomic mass is 10.0. The monoisotopic (exact) mass is 260 g/mol. The van der Waals surface area contributed by atoms with Gasteiger partial charge >= 0.3 is 12.1 Å². The first-order valence-electron chi connectivity index (χ1n) is 4.40. The SMILES string of the molecule is O=C(O)c1cc(C(F)(F)F)ccc1C#CCS. The summed E-state index contributed by atoms with van der Waals surface area (Å²) in [6.45, 7) is 0. The van der Waals surface area contributed by atoms with E-state index in [1.165, 1.54) is 0 Å². The Labute approximate surface area is 101 Å². The summed E-state index contributed by atoms with van der Waals surface area (Å²) in [6.07, 6.45) is -4.57. The van der Waals surface area contributed by atoms with Gasteiger partial charge in [0.05, 0.1) is 16.9 Å². The first kappa shape index (κ1) is 13.5. The molecule has 2 nitrogen and oxygen atoms in total. The van der Waals surface area contributed by atoms with Crippen molar-refractivity contribution in [1.82, 2.24) is 0 Å². The molecule has 0 heterocycles. The van der Waals surface area contributed by atoms with E-state index < -0.39 is 23.3 Å². The molecule has 0 spiro atoms. The topological polar surface area (TPSA) is 37.3 Å². The summed E-state index contributed by atoms with van der Waals surface area (Å²) >= 11 is 3.80. The molecule has 0 bridgehead atoms. The molecule has 1 aromatic carbocycles. The van der Waals surface area contributed by atoms with Crippen LogP contribution in [-0.4, -0.2) is 16.8 Å². The number of alkyl halides is 3. The van der Waals surface area contributed by atoms with Gasteiger partial charge in [0.2, 0.25) is 0 Å². The molecule has 90 valence electrons. The quantitative estimate of drug-likeness (QED) is 0.601. The zero-order valence-electron chi connectivity index (χ0n) is 8.38. The van der Waals surface area contributed by atoms with Gasteiger partial charge in [-0.3, -0.25) is 0 Å². The van der Waals surface area contributed by atoms with E-state index in [0.29, 0.717) is 6.07 Å². The number of halogens is 3. The van der Waals surface area contributed by atoms with Crippen molar-refractivity contribution in [2.75, 3.05) is 5.75 Å². The van der Waals surface area contributed by atoms with Crippen molar-refractivity contribution in [3.8, 4) is 11.8 Å². The van der Waals surface area contributed by atoms with E-state index in [1.807, 2.05) is 0 Å². The van der Waals surface area contributed by atoms with Gasteiger partial charge in [-0.05, 0) is 18.2 Å². The third-order valence-electron chi connectivity index (χ3n) is 1.88. The van der Waals surface area contributed by atoms with E-state index >= 15 is 0 Å². The normalized spacial score (nSPS) is 10.6. The van der Waals surface area contributed by atoms with Crippen LogP contribution in [0.4, 0.5) is 13.2 Å². The van der Waals surface area contributed by atoms with E-state index in [-0.39, 0.29) is 11.3 Å². The smallest absolute Gasteiger partial charge is 0.416 e. The van der Waals surface area contributed by atoms with Crippen LogP contribution in [0.5, 0.6) is 0 Å². The molecule has 1 rings (SSSR count). The highest BCUT2D eigenvalue weighted by atomic mass is 32.1. The lowest BCUT2D eigenvalue weighted by Gasteiger charge is -2.08. The van der Waals surface area contributed by atoms with Crippen LogP contribution in [0.3, 0.4) is 0 Å². The Balaban J connectivity index is 3.32. The molecule has 6 heteroatoms. The van der Waals surface area contributed by atoms with Crippen molar-refractivity contribution in [2.24, 2.45) is 0 Å². The van der Waals surface area contributed by atoms with Crippen molar-refractivity contribution in [2.45, 2.75) is 6.18 Å². The molecule has 1 N–H and O–H groups in total. The average Bonchev–Trinajstić information content (AvgIpc) is 2.24. The van der Waals surface area contributed by atoms with E-state index in [1.54, 1.807) is 0 Å². The molecule has 0 fully saturated rings. The standard InChI is InChI=1S/C11H7F3O2S/c12-11(13,14)8-4-3-7(2-1-5-17)9(6-8)10(15)16/h3-4,6,17H,5H2,(H,15,16). The lowest BCUT2D eigenvalue weighted by molar-refractivity contribution is -0.137. The second kappa shape index (κ2) is 5.15. The summed E-state index contributed by atoms with van der Waals surface area (Å²) < 4.78 is 37.1. The van der Waals surface area contributed by atoms with Crippen LogP contribution in [-0.2, 0) is 6.18 Å².